The van der Waals surface area contributed by atoms with Gasteiger partial charge in [0.25, 0.3) is 0 Å². The van der Waals surface area contributed by atoms with Crippen molar-refractivity contribution in [3.63, 3.8) is 0 Å². The molecule has 0 radical (unpaired) electrons. The Morgan fingerprint density at radius 2 is 2.00 bits per heavy atom. The predicted molar refractivity (Wildman–Crippen MR) is 79.5 cm³/mol. The maximum Gasteiger partial charge on any atom is 0.348 e. The van der Waals surface area contributed by atoms with E-state index in [4.69, 9.17) is 9.26 Å². The van der Waals surface area contributed by atoms with Crippen LogP contribution < -0.4 is 10.4 Å². The third-order valence-corrected chi connectivity index (χ3v) is 3.48. The maximum absolute atomic E-state index is 12.1. The Labute approximate surface area is 126 Å². The Bertz CT molecular complexity index is 823. The molecule has 0 aliphatic carbocycles. The van der Waals surface area contributed by atoms with Crippen molar-refractivity contribution in [2.24, 2.45) is 0 Å². The summed E-state index contributed by atoms with van der Waals surface area (Å²) >= 11 is 0. The second-order valence-electron chi connectivity index (χ2n) is 4.98. The zero-order valence-corrected chi connectivity index (χ0v) is 12.6. The van der Waals surface area contributed by atoms with E-state index in [1.54, 1.807) is 21.0 Å². The average Bonchev–Trinajstić information content (AvgIpc) is 3.03. The first-order valence-electron chi connectivity index (χ1n) is 6.82. The minimum Gasteiger partial charge on any atom is -0.497 e. The Morgan fingerprint density at radius 3 is 2.59 bits per heavy atom. The predicted octanol–water partition coefficient (Wildman–Crippen LogP) is 1.76. The number of rotatable bonds is 4. The Hall–Kier alpha value is -2.83. The average molecular weight is 300 g/mol. The van der Waals surface area contributed by atoms with Crippen molar-refractivity contribution in [1.82, 2.24) is 19.9 Å². The Kier molecular flexibility index (Phi) is 3.54. The highest BCUT2D eigenvalue weighted by Gasteiger charge is 2.18. The van der Waals surface area contributed by atoms with Crippen LogP contribution in [0.3, 0.4) is 0 Å². The molecule has 0 fully saturated rings. The topological polar surface area (TPSA) is 85.9 Å². The summed E-state index contributed by atoms with van der Waals surface area (Å²) in [5.41, 5.74) is 2.00. The van der Waals surface area contributed by atoms with Gasteiger partial charge in [-0.3, -0.25) is 0 Å². The van der Waals surface area contributed by atoms with E-state index in [1.165, 1.54) is 4.57 Å². The third-order valence-electron chi connectivity index (χ3n) is 3.48. The molecule has 2 heterocycles. The SMILES string of the molecule is COc1ccc(Cc2n[nH]c(=O)n2-c2c(C)noc2C)cc1. The molecule has 0 aliphatic heterocycles. The van der Waals surface area contributed by atoms with Gasteiger partial charge < -0.3 is 9.26 Å². The summed E-state index contributed by atoms with van der Waals surface area (Å²) in [6, 6.07) is 7.63. The second-order valence-corrected chi connectivity index (χ2v) is 4.98. The summed E-state index contributed by atoms with van der Waals surface area (Å²) in [4.78, 5) is 12.1. The fourth-order valence-corrected chi connectivity index (χ4v) is 2.40. The van der Waals surface area contributed by atoms with Crippen LogP contribution >= 0.6 is 0 Å². The highest BCUT2D eigenvalue weighted by molar-refractivity contribution is 5.40. The molecule has 1 aromatic carbocycles. The number of ether oxygens (including phenoxy) is 1. The number of aryl methyl sites for hydroxylation is 2. The van der Waals surface area contributed by atoms with Gasteiger partial charge in [-0.2, -0.15) is 5.10 Å². The number of aromatic nitrogens is 4. The number of H-pyrrole nitrogens is 1. The summed E-state index contributed by atoms with van der Waals surface area (Å²) in [6.07, 6.45) is 0.507. The minimum absolute atomic E-state index is 0.307. The van der Waals surface area contributed by atoms with E-state index in [0.29, 0.717) is 29.4 Å². The molecule has 0 amide bonds. The monoisotopic (exact) mass is 300 g/mol. The summed E-state index contributed by atoms with van der Waals surface area (Å²) < 4.78 is 11.8. The first kappa shape index (κ1) is 14.1. The van der Waals surface area contributed by atoms with Crippen LogP contribution in [0, 0.1) is 13.8 Å². The minimum atomic E-state index is -0.307. The summed E-state index contributed by atoms with van der Waals surface area (Å²) in [7, 11) is 1.62. The number of aromatic amines is 1. The van der Waals surface area contributed by atoms with E-state index in [2.05, 4.69) is 15.4 Å². The normalized spacial score (nSPS) is 10.9. The molecule has 0 atom stereocenters. The smallest absolute Gasteiger partial charge is 0.348 e. The molecule has 114 valence electrons. The van der Waals surface area contributed by atoms with Gasteiger partial charge >= 0.3 is 5.69 Å². The lowest BCUT2D eigenvalue weighted by Gasteiger charge is -2.06. The zero-order valence-electron chi connectivity index (χ0n) is 12.6. The van der Waals surface area contributed by atoms with Crippen LogP contribution in [0.15, 0.2) is 33.6 Å². The molecule has 0 aliphatic rings. The van der Waals surface area contributed by atoms with E-state index in [-0.39, 0.29) is 5.69 Å². The zero-order chi connectivity index (χ0) is 15.7. The molecule has 3 rings (SSSR count). The number of benzene rings is 1. The fourth-order valence-electron chi connectivity index (χ4n) is 2.40. The van der Waals surface area contributed by atoms with Crippen molar-refractivity contribution in [2.45, 2.75) is 20.3 Å². The number of methoxy groups -OCH3 is 1. The van der Waals surface area contributed by atoms with Gasteiger partial charge in [-0.15, -0.1) is 0 Å². The fraction of sp³-hybridized carbons (Fsp3) is 0.267. The lowest BCUT2D eigenvalue weighted by molar-refractivity contribution is 0.393. The van der Waals surface area contributed by atoms with Crippen LogP contribution in [0.25, 0.3) is 5.69 Å². The lowest BCUT2D eigenvalue weighted by Crippen LogP contribution is -2.18. The molecule has 22 heavy (non-hydrogen) atoms. The van der Waals surface area contributed by atoms with E-state index in [0.717, 1.165) is 11.3 Å². The van der Waals surface area contributed by atoms with Gasteiger partial charge in [-0.05, 0) is 31.5 Å². The van der Waals surface area contributed by atoms with Crippen LogP contribution in [-0.2, 0) is 6.42 Å². The van der Waals surface area contributed by atoms with E-state index >= 15 is 0 Å². The molecule has 7 heteroatoms. The standard InChI is InChI=1S/C15H16N4O3/c1-9-14(10(2)22-18-9)19-13(16-17-15(19)20)8-11-4-6-12(21-3)7-5-11/h4-7H,8H2,1-3H3,(H,17,20). The van der Waals surface area contributed by atoms with E-state index in [9.17, 15) is 4.79 Å². The largest absolute Gasteiger partial charge is 0.497 e. The Balaban J connectivity index is 2.00. The van der Waals surface area contributed by atoms with Crippen molar-refractivity contribution in [2.75, 3.05) is 7.11 Å². The van der Waals surface area contributed by atoms with Crippen LogP contribution in [0.5, 0.6) is 5.75 Å². The van der Waals surface area contributed by atoms with Gasteiger partial charge in [-0.25, -0.2) is 14.5 Å². The second kappa shape index (κ2) is 5.51. The van der Waals surface area contributed by atoms with Gasteiger partial charge in [0.2, 0.25) is 0 Å². The van der Waals surface area contributed by atoms with Crippen molar-refractivity contribution in [3.8, 4) is 11.4 Å². The van der Waals surface area contributed by atoms with Gasteiger partial charge in [0.05, 0.1) is 7.11 Å². The van der Waals surface area contributed by atoms with Crippen LogP contribution in [0.4, 0.5) is 0 Å². The quantitative estimate of drug-likeness (QED) is 0.793. The molecule has 7 nitrogen and oxygen atoms in total. The van der Waals surface area contributed by atoms with Gasteiger partial charge in [0, 0.05) is 6.42 Å². The van der Waals surface area contributed by atoms with Crippen LogP contribution in [0.1, 0.15) is 22.8 Å². The first-order valence-corrected chi connectivity index (χ1v) is 6.82. The first-order chi connectivity index (χ1) is 10.6. The molecule has 0 spiro atoms. The van der Waals surface area contributed by atoms with E-state index in [1.807, 2.05) is 24.3 Å². The summed E-state index contributed by atoms with van der Waals surface area (Å²) in [5, 5.41) is 10.5. The van der Waals surface area contributed by atoms with Gasteiger partial charge in [0.15, 0.2) is 5.76 Å². The number of nitrogens with zero attached hydrogens (tertiary/aromatic N) is 3. The molecule has 0 saturated heterocycles. The van der Waals surface area contributed by atoms with Gasteiger partial charge in [-0.1, -0.05) is 17.3 Å². The molecular formula is C15H16N4O3. The molecule has 0 bridgehead atoms. The van der Waals surface area contributed by atoms with Crippen LogP contribution in [0.2, 0.25) is 0 Å². The van der Waals surface area contributed by atoms with Crippen molar-refractivity contribution >= 4 is 0 Å². The maximum atomic E-state index is 12.1. The molecule has 0 saturated carbocycles. The molecule has 3 aromatic rings. The number of nitrogens with one attached hydrogen (secondary N) is 1. The number of hydrogen-bond acceptors (Lipinski definition) is 5. The Morgan fingerprint density at radius 1 is 1.27 bits per heavy atom. The molecule has 0 unspecified atom stereocenters. The van der Waals surface area contributed by atoms with Crippen molar-refractivity contribution < 1.29 is 9.26 Å². The summed E-state index contributed by atoms with van der Waals surface area (Å²) in [6.45, 7) is 3.56. The van der Waals surface area contributed by atoms with E-state index < -0.39 is 0 Å². The van der Waals surface area contributed by atoms with Crippen molar-refractivity contribution in [3.05, 3.63) is 57.6 Å². The number of hydrogen-bond donors (Lipinski definition) is 1. The highest BCUT2D eigenvalue weighted by atomic mass is 16.5. The highest BCUT2D eigenvalue weighted by Crippen LogP contribution is 2.19. The third kappa shape index (κ3) is 2.41. The molecule has 2 aromatic heterocycles. The lowest BCUT2D eigenvalue weighted by atomic mass is 10.1. The molecular weight excluding hydrogens is 284 g/mol. The summed E-state index contributed by atoms with van der Waals surface area (Å²) in [5.74, 6) is 1.97. The van der Waals surface area contributed by atoms with Gasteiger partial charge in [0.1, 0.15) is 23.0 Å². The van der Waals surface area contributed by atoms with Crippen molar-refractivity contribution in [1.29, 1.82) is 0 Å². The van der Waals surface area contributed by atoms with Crippen LogP contribution in [-0.4, -0.2) is 27.0 Å². The molecule has 1 N–H and O–H groups in total.